The van der Waals surface area contributed by atoms with Crippen LogP contribution in [-0.4, -0.2) is 26.7 Å². The number of carbonyl (C=O) groups excluding carboxylic acids is 2. The molecule has 1 unspecified atom stereocenters. The zero-order valence-corrected chi connectivity index (χ0v) is 17.6. The highest BCUT2D eigenvalue weighted by Gasteiger charge is 2.22. The largest absolute Gasteiger partial charge is 0.550 e. The summed E-state index contributed by atoms with van der Waals surface area (Å²) in [5.41, 5.74) is 2.02. The van der Waals surface area contributed by atoms with Gasteiger partial charge in [0.1, 0.15) is 4.70 Å². The Kier molecular flexibility index (Phi) is 6.71. The third-order valence-electron chi connectivity index (χ3n) is 4.30. The van der Waals surface area contributed by atoms with Crippen LogP contribution < -0.4 is 16.0 Å². The maximum Gasteiger partial charge on any atom is 0.272 e. The quantitative estimate of drug-likeness (QED) is 0.435. The first-order valence-electron chi connectivity index (χ1n) is 9.11. The minimum Gasteiger partial charge on any atom is -0.550 e. The summed E-state index contributed by atoms with van der Waals surface area (Å²) in [5, 5.41) is 15.4. The fourth-order valence-electron chi connectivity index (χ4n) is 2.72. The molecule has 0 radical (unpaired) electrons. The summed E-state index contributed by atoms with van der Waals surface area (Å²) in [6.07, 6.45) is 0.207. The van der Waals surface area contributed by atoms with Gasteiger partial charge < -0.3 is 15.2 Å². The van der Waals surface area contributed by atoms with E-state index in [1.54, 1.807) is 11.4 Å². The second-order valence-corrected chi connectivity index (χ2v) is 8.56. The molecule has 0 saturated heterocycles. The molecule has 0 spiro atoms. The van der Waals surface area contributed by atoms with E-state index in [4.69, 9.17) is 0 Å². The highest BCUT2D eigenvalue weighted by molar-refractivity contribution is 8.00. The lowest BCUT2D eigenvalue weighted by atomic mass is 10.2. The molecule has 0 saturated carbocycles. The second kappa shape index (κ2) is 9.23. The first kappa shape index (κ1) is 21.1. The van der Waals surface area contributed by atoms with E-state index >= 15 is 0 Å². The summed E-state index contributed by atoms with van der Waals surface area (Å²) < 4.78 is 1.78. The Morgan fingerprint density at radius 3 is 2.66 bits per heavy atom. The lowest BCUT2D eigenvalue weighted by Crippen LogP contribution is -2.30. The number of carbonyl (C=O) groups is 2. The molecule has 2 aromatic heterocycles. The monoisotopic (exact) mass is 430 g/mol. The van der Waals surface area contributed by atoms with Gasteiger partial charge in [0.15, 0.2) is 5.16 Å². The first-order chi connectivity index (χ1) is 13.9. The Hall–Kier alpha value is -2.65. The van der Waals surface area contributed by atoms with E-state index in [2.05, 4.69) is 10.3 Å². The molecule has 3 aromatic rings. The van der Waals surface area contributed by atoms with Crippen molar-refractivity contribution in [2.45, 2.75) is 43.6 Å². The number of nitrogens with zero attached hydrogens (tertiary/aromatic N) is 2. The number of anilines is 1. The van der Waals surface area contributed by atoms with Crippen molar-refractivity contribution in [3.63, 3.8) is 0 Å². The van der Waals surface area contributed by atoms with Crippen LogP contribution in [0.2, 0.25) is 0 Å². The van der Waals surface area contributed by atoms with Crippen LogP contribution in [0.5, 0.6) is 0 Å². The summed E-state index contributed by atoms with van der Waals surface area (Å²) in [4.78, 5) is 41.0. The zero-order valence-electron chi connectivity index (χ0n) is 16.0. The number of thioether (sulfide) groups is 1. The molecule has 3 rings (SSSR count). The van der Waals surface area contributed by atoms with Crippen molar-refractivity contribution in [3.8, 4) is 0 Å². The number of carboxylic acids is 1. The van der Waals surface area contributed by atoms with Crippen LogP contribution >= 0.6 is 23.1 Å². The fourth-order valence-corrected chi connectivity index (χ4v) is 4.54. The van der Waals surface area contributed by atoms with Gasteiger partial charge in [0.25, 0.3) is 5.56 Å². The topological polar surface area (TPSA) is 104 Å². The van der Waals surface area contributed by atoms with Crippen LogP contribution in [0.3, 0.4) is 0 Å². The maximum absolute atomic E-state index is 12.8. The van der Waals surface area contributed by atoms with Gasteiger partial charge in [0.2, 0.25) is 5.91 Å². The highest BCUT2D eigenvalue weighted by atomic mass is 32.2. The summed E-state index contributed by atoms with van der Waals surface area (Å²) in [6, 6.07) is 9.22. The van der Waals surface area contributed by atoms with Crippen molar-refractivity contribution < 1.29 is 14.7 Å². The van der Waals surface area contributed by atoms with E-state index in [-0.39, 0.29) is 24.4 Å². The molecule has 0 aliphatic heterocycles. The van der Waals surface area contributed by atoms with Crippen LogP contribution in [0.25, 0.3) is 10.2 Å². The van der Waals surface area contributed by atoms with E-state index in [0.29, 0.717) is 27.5 Å². The predicted octanol–water partition coefficient (Wildman–Crippen LogP) is 2.42. The first-order valence-corrected chi connectivity index (χ1v) is 10.9. The molecule has 9 heteroatoms. The summed E-state index contributed by atoms with van der Waals surface area (Å²) >= 11 is 2.42. The molecule has 1 atom stereocenters. The number of nitrogens with one attached hydrogen (secondary N) is 1. The third-order valence-corrected chi connectivity index (χ3v) is 6.55. The number of hydrogen-bond donors (Lipinski definition) is 1. The van der Waals surface area contributed by atoms with Gasteiger partial charge in [-0.25, -0.2) is 4.98 Å². The average Bonchev–Trinajstić information content (AvgIpc) is 3.16. The Morgan fingerprint density at radius 1 is 1.28 bits per heavy atom. The number of carboxylic acid groups (broad SMARTS) is 1. The molecular formula is C20H20N3O4S2-. The number of fused-ring (bicyclic) bond motifs is 1. The number of aromatic nitrogens is 2. The van der Waals surface area contributed by atoms with E-state index < -0.39 is 11.2 Å². The van der Waals surface area contributed by atoms with Crippen molar-refractivity contribution in [3.05, 3.63) is 51.6 Å². The van der Waals surface area contributed by atoms with Crippen LogP contribution in [-0.2, 0) is 16.1 Å². The van der Waals surface area contributed by atoms with E-state index in [0.717, 1.165) is 17.3 Å². The lowest BCUT2D eigenvalue weighted by molar-refractivity contribution is -0.306. The van der Waals surface area contributed by atoms with Gasteiger partial charge >= 0.3 is 0 Å². The van der Waals surface area contributed by atoms with Crippen LogP contribution in [0, 0.1) is 6.92 Å². The standard InChI is InChI=1S/C20H21N3O4S2/c1-3-15(18(26)21-13-6-4-12(2)5-7-13)29-20-22-14-9-11-28-17(14)19(27)23(20)10-8-16(24)25/h4-7,9,11,15H,3,8,10H2,1-2H3,(H,21,26)(H,24,25)/p-1. The molecule has 0 aliphatic carbocycles. The Bertz CT molecular complexity index is 1090. The SMILES string of the molecule is CCC(Sc1nc2ccsc2c(=O)n1CCC(=O)[O-])C(=O)Nc1ccc(C)cc1. The van der Waals surface area contributed by atoms with Gasteiger partial charge in [-0.1, -0.05) is 36.4 Å². The van der Waals surface area contributed by atoms with Gasteiger partial charge in [-0.15, -0.1) is 11.3 Å². The van der Waals surface area contributed by atoms with Crippen LogP contribution in [0.4, 0.5) is 5.69 Å². The molecule has 2 heterocycles. The van der Waals surface area contributed by atoms with Crippen molar-refractivity contribution in [2.75, 3.05) is 5.32 Å². The van der Waals surface area contributed by atoms with Crippen molar-refractivity contribution in [2.24, 2.45) is 0 Å². The molecule has 0 aliphatic rings. The number of aliphatic carboxylic acids is 1. The number of rotatable bonds is 8. The molecule has 1 N–H and O–H groups in total. The summed E-state index contributed by atoms with van der Waals surface area (Å²) in [6.45, 7) is 3.79. The van der Waals surface area contributed by atoms with Crippen molar-refractivity contribution in [1.29, 1.82) is 0 Å². The van der Waals surface area contributed by atoms with Crippen molar-refractivity contribution >= 4 is 50.9 Å². The molecule has 0 bridgehead atoms. The summed E-state index contributed by atoms with van der Waals surface area (Å²) in [5.74, 6) is -1.45. The Labute approximate surface area is 175 Å². The van der Waals surface area contributed by atoms with Gasteiger partial charge in [-0.05, 0) is 36.9 Å². The smallest absolute Gasteiger partial charge is 0.272 e. The Morgan fingerprint density at radius 2 is 2.00 bits per heavy atom. The van der Waals surface area contributed by atoms with Crippen LogP contribution in [0.1, 0.15) is 25.3 Å². The zero-order chi connectivity index (χ0) is 21.0. The molecule has 152 valence electrons. The minimum absolute atomic E-state index is 0.0552. The van der Waals surface area contributed by atoms with Crippen LogP contribution in [0.15, 0.2) is 45.7 Å². The van der Waals surface area contributed by atoms with E-state index in [9.17, 15) is 19.5 Å². The number of aryl methyl sites for hydroxylation is 1. The Balaban J connectivity index is 1.88. The van der Waals surface area contributed by atoms with E-state index in [1.807, 2.05) is 38.1 Å². The van der Waals surface area contributed by atoms with Gasteiger partial charge in [-0.2, -0.15) is 0 Å². The number of thiophene rings is 1. The second-order valence-electron chi connectivity index (χ2n) is 6.48. The number of hydrogen-bond acceptors (Lipinski definition) is 7. The van der Waals surface area contributed by atoms with Gasteiger partial charge in [0.05, 0.1) is 10.8 Å². The fraction of sp³-hybridized carbons (Fsp3) is 0.300. The van der Waals surface area contributed by atoms with Gasteiger partial charge in [0, 0.05) is 24.6 Å². The molecule has 0 fully saturated rings. The van der Waals surface area contributed by atoms with Gasteiger partial charge in [-0.3, -0.25) is 14.2 Å². The third kappa shape index (κ3) is 5.04. The normalized spacial score (nSPS) is 12.1. The maximum atomic E-state index is 12.8. The number of amides is 1. The van der Waals surface area contributed by atoms with E-state index in [1.165, 1.54) is 15.9 Å². The molecular weight excluding hydrogens is 410 g/mol. The molecule has 7 nitrogen and oxygen atoms in total. The average molecular weight is 431 g/mol. The highest BCUT2D eigenvalue weighted by Crippen LogP contribution is 2.27. The van der Waals surface area contributed by atoms with Crippen molar-refractivity contribution in [1.82, 2.24) is 9.55 Å². The molecule has 1 amide bonds. The molecule has 1 aromatic carbocycles. The summed E-state index contributed by atoms with van der Waals surface area (Å²) in [7, 11) is 0. The predicted molar refractivity (Wildman–Crippen MR) is 113 cm³/mol. The number of benzene rings is 1. The molecule has 29 heavy (non-hydrogen) atoms. The lowest BCUT2D eigenvalue weighted by Gasteiger charge is -2.17. The minimum atomic E-state index is -1.25.